The number of aromatic amines is 1. The number of nitrogens with two attached hydrogens (primary N) is 1. The zero-order valence-corrected chi connectivity index (χ0v) is 15.0. The zero-order valence-electron chi connectivity index (χ0n) is 15.0. The van der Waals surface area contributed by atoms with Crippen LogP contribution in [0.15, 0.2) is 12.5 Å². The molecule has 29 heavy (non-hydrogen) atoms. The molecule has 13 nitrogen and oxygen atoms in total. The first kappa shape index (κ1) is 21.7. The Balaban J connectivity index is 2.24. The molecule has 1 aromatic rings. The minimum absolute atomic E-state index is 0.254. The van der Waals surface area contributed by atoms with E-state index in [-0.39, 0.29) is 6.42 Å². The lowest BCUT2D eigenvalue weighted by molar-refractivity contribution is -0.155. The lowest BCUT2D eigenvalue weighted by Crippen LogP contribution is -2.50. The summed E-state index contributed by atoms with van der Waals surface area (Å²) in [4.78, 5) is 78.7. The number of likely N-dealkylation sites (tertiary alicyclic amines) is 1. The number of nitrogens with zero attached hydrogens (tertiary/aromatic N) is 2. The maximum Gasteiger partial charge on any atom is 0.327 e. The van der Waals surface area contributed by atoms with Crippen molar-refractivity contribution in [1.29, 1.82) is 0 Å². The summed E-state index contributed by atoms with van der Waals surface area (Å²) in [6, 6.07) is -3.16. The molecule has 0 saturated carbocycles. The molecule has 2 rings (SSSR count). The number of carboxylic acids is 2. The topological polar surface area (TPSA) is 213 Å². The van der Waals surface area contributed by atoms with E-state index in [0.717, 1.165) is 0 Å². The molecule has 6 N–H and O–H groups in total. The van der Waals surface area contributed by atoms with E-state index in [4.69, 9.17) is 10.8 Å². The Kier molecular flexibility index (Phi) is 6.77. The van der Waals surface area contributed by atoms with E-state index in [0.29, 0.717) is 10.6 Å². The van der Waals surface area contributed by atoms with Crippen LogP contribution in [0, 0.1) is 5.92 Å². The number of carbonyl (C=O) groups excluding carboxylic acids is 4. The molecular formula is C16H19N5O8. The van der Waals surface area contributed by atoms with E-state index in [1.165, 1.54) is 12.5 Å². The fourth-order valence-electron chi connectivity index (χ4n) is 2.99. The van der Waals surface area contributed by atoms with Crippen molar-refractivity contribution in [2.45, 2.75) is 31.3 Å². The summed E-state index contributed by atoms with van der Waals surface area (Å²) in [6.45, 7) is -0.516. The Bertz CT molecular complexity index is 836. The number of nitrogens with one attached hydrogen (secondary N) is 2. The highest BCUT2D eigenvalue weighted by Gasteiger charge is 2.49. The number of hydrogen-bond acceptors (Lipinski definition) is 8. The molecule has 1 saturated heterocycles. The second-order valence-electron chi connectivity index (χ2n) is 6.32. The van der Waals surface area contributed by atoms with Gasteiger partial charge in [-0.05, 0) is 0 Å². The fraction of sp³-hybridized carbons (Fsp3) is 0.438. The molecule has 3 atom stereocenters. The molecule has 2 heterocycles. The number of H-pyrrole nitrogens is 1. The highest BCUT2D eigenvalue weighted by atomic mass is 16.4. The average molecular weight is 409 g/mol. The summed E-state index contributed by atoms with van der Waals surface area (Å²) in [5.74, 6) is -8.26. The van der Waals surface area contributed by atoms with Crippen LogP contribution in [0.1, 0.15) is 18.5 Å². The minimum atomic E-state index is -1.60. The minimum Gasteiger partial charge on any atom is -0.481 e. The number of imidazole rings is 1. The van der Waals surface area contributed by atoms with Crippen LogP contribution < -0.4 is 11.1 Å². The largest absolute Gasteiger partial charge is 0.481 e. The molecule has 3 amide bonds. The van der Waals surface area contributed by atoms with Crippen molar-refractivity contribution in [1.82, 2.24) is 20.2 Å². The number of hydrogen-bond donors (Lipinski definition) is 5. The van der Waals surface area contributed by atoms with E-state index < -0.39 is 72.8 Å². The lowest BCUT2D eigenvalue weighted by Gasteiger charge is -2.23. The molecular weight excluding hydrogens is 390 g/mol. The number of carbonyl (C=O) groups is 6. The van der Waals surface area contributed by atoms with Crippen molar-refractivity contribution >= 4 is 35.4 Å². The van der Waals surface area contributed by atoms with Crippen LogP contribution in [0.25, 0.3) is 0 Å². The maximum atomic E-state index is 12.7. The summed E-state index contributed by atoms with van der Waals surface area (Å²) in [5, 5.41) is 20.5. The maximum absolute atomic E-state index is 12.7. The van der Waals surface area contributed by atoms with E-state index >= 15 is 0 Å². The van der Waals surface area contributed by atoms with Gasteiger partial charge in [0.05, 0.1) is 25.3 Å². The van der Waals surface area contributed by atoms with Gasteiger partial charge in [-0.2, -0.15) is 0 Å². The summed E-state index contributed by atoms with van der Waals surface area (Å²) in [7, 11) is 0. The van der Waals surface area contributed by atoms with Crippen molar-refractivity contribution in [3.63, 3.8) is 0 Å². The van der Waals surface area contributed by atoms with Gasteiger partial charge in [0.1, 0.15) is 12.0 Å². The summed E-state index contributed by atoms with van der Waals surface area (Å²) >= 11 is 0. The monoisotopic (exact) mass is 409 g/mol. The van der Waals surface area contributed by atoms with Crippen molar-refractivity contribution in [3.05, 3.63) is 18.2 Å². The Hall–Kier alpha value is -3.61. The smallest absolute Gasteiger partial charge is 0.327 e. The number of carboxylic acid groups (broad SMARTS) is 2. The first-order valence-electron chi connectivity index (χ1n) is 8.46. The van der Waals surface area contributed by atoms with Gasteiger partial charge in [-0.3, -0.25) is 28.9 Å². The van der Waals surface area contributed by atoms with E-state index in [9.17, 15) is 33.9 Å². The Morgan fingerprint density at radius 2 is 2.00 bits per heavy atom. The SMILES string of the molecule is NCC(=O)N[C@@H](CC(=O)O)C(=O)[C@H]1CC(=O)N([C@@H](Cc2cnc[nH]2)C(=O)O)C1=O. The molecule has 0 aliphatic carbocycles. The van der Waals surface area contributed by atoms with Crippen LogP contribution in [0.3, 0.4) is 0 Å². The summed E-state index contributed by atoms with van der Waals surface area (Å²) < 4.78 is 0. The molecule has 156 valence electrons. The normalized spacial score (nSPS) is 18.4. The van der Waals surface area contributed by atoms with Gasteiger partial charge in [0.2, 0.25) is 17.7 Å². The number of imide groups is 1. The number of aliphatic carboxylic acids is 2. The molecule has 1 fully saturated rings. The van der Waals surface area contributed by atoms with E-state index in [1.807, 2.05) is 0 Å². The zero-order chi connectivity index (χ0) is 21.7. The Morgan fingerprint density at radius 1 is 1.31 bits per heavy atom. The first-order chi connectivity index (χ1) is 13.6. The molecule has 0 unspecified atom stereocenters. The van der Waals surface area contributed by atoms with Gasteiger partial charge in [-0.25, -0.2) is 9.78 Å². The van der Waals surface area contributed by atoms with Gasteiger partial charge in [-0.1, -0.05) is 0 Å². The van der Waals surface area contributed by atoms with E-state index in [2.05, 4.69) is 15.3 Å². The number of Topliss-reactive ketones (excluding diaryl/α,β-unsaturated/α-hetero) is 1. The number of ketones is 1. The van der Waals surface area contributed by atoms with Crippen LogP contribution in [0.5, 0.6) is 0 Å². The first-order valence-corrected chi connectivity index (χ1v) is 8.46. The van der Waals surface area contributed by atoms with Crippen molar-refractivity contribution in [2.75, 3.05) is 6.54 Å². The highest BCUT2D eigenvalue weighted by Crippen LogP contribution is 2.26. The molecule has 0 bridgehead atoms. The number of rotatable bonds is 10. The molecule has 0 aromatic carbocycles. The van der Waals surface area contributed by atoms with E-state index in [1.54, 1.807) is 0 Å². The Morgan fingerprint density at radius 3 is 2.52 bits per heavy atom. The average Bonchev–Trinajstić information content (AvgIpc) is 3.26. The Labute approximate surface area is 163 Å². The van der Waals surface area contributed by atoms with Gasteiger partial charge in [0.15, 0.2) is 5.78 Å². The second kappa shape index (κ2) is 9.05. The fourth-order valence-corrected chi connectivity index (χ4v) is 2.99. The van der Waals surface area contributed by atoms with Crippen LogP contribution in [0.4, 0.5) is 0 Å². The van der Waals surface area contributed by atoms with Crippen LogP contribution in [-0.4, -0.2) is 79.2 Å². The van der Waals surface area contributed by atoms with Crippen molar-refractivity contribution in [3.8, 4) is 0 Å². The highest BCUT2D eigenvalue weighted by molar-refractivity contribution is 6.17. The molecule has 0 spiro atoms. The summed E-state index contributed by atoms with van der Waals surface area (Å²) in [6.07, 6.45) is 0.925. The molecule has 1 aliphatic rings. The number of amides is 3. The third kappa shape index (κ3) is 5.01. The molecule has 13 heteroatoms. The van der Waals surface area contributed by atoms with Gasteiger partial charge in [0, 0.05) is 24.7 Å². The van der Waals surface area contributed by atoms with Gasteiger partial charge in [0.25, 0.3) is 0 Å². The van der Waals surface area contributed by atoms with Crippen molar-refractivity contribution < 1.29 is 39.0 Å². The van der Waals surface area contributed by atoms with Crippen molar-refractivity contribution in [2.24, 2.45) is 11.7 Å². The quantitative estimate of drug-likeness (QED) is 0.199. The third-order valence-corrected chi connectivity index (χ3v) is 4.33. The van der Waals surface area contributed by atoms with Gasteiger partial charge in [-0.15, -0.1) is 0 Å². The molecule has 1 aliphatic heterocycles. The van der Waals surface area contributed by atoms with Crippen LogP contribution in [0.2, 0.25) is 0 Å². The number of aromatic nitrogens is 2. The summed E-state index contributed by atoms with van der Waals surface area (Å²) in [5.41, 5.74) is 5.49. The van der Waals surface area contributed by atoms with Gasteiger partial charge >= 0.3 is 11.9 Å². The van der Waals surface area contributed by atoms with Gasteiger partial charge < -0.3 is 26.2 Å². The predicted octanol–water partition coefficient (Wildman–Crippen LogP) is -2.73. The molecule has 1 aromatic heterocycles. The predicted molar refractivity (Wildman–Crippen MR) is 91.9 cm³/mol. The molecule has 0 radical (unpaired) electrons. The lowest BCUT2D eigenvalue weighted by atomic mass is 9.94. The third-order valence-electron chi connectivity index (χ3n) is 4.33. The standard InChI is InChI=1S/C16H19N5O8/c17-4-11(22)20-9(3-13(24)25)14(26)8-2-12(23)21(15(8)27)10(16(28)29)1-7-5-18-6-19-7/h5-6,8-10H,1-4,17H2,(H,18,19)(H,20,22)(H,24,25)(H,28,29)/t8-,9+,10+/m1/s1. The van der Waals surface area contributed by atoms with Crippen LogP contribution in [-0.2, 0) is 35.2 Å². The van der Waals surface area contributed by atoms with Crippen LogP contribution >= 0.6 is 0 Å². The second-order valence-corrected chi connectivity index (χ2v) is 6.32.